The van der Waals surface area contributed by atoms with Gasteiger partial charge in [-0.1, -0.05) is 18.2 Å². The number of carbonyl (C=O) groups excluding carboxylic acids is 2. The van der Waals surface area contributed by atoms with Gasteiger partial charge in [-0.05, 0) is 48.9 Å². The van der Waals surface area contributed by atoms with Gasteiger partial charge in [-0.3, -0.25) is 4.79 Å². The SMILES string of the molecule is Cc1ccsc1C(=O)OCC(=O)Nc1c(C)cccc1C. The van der Waals surface area contributed by atoms with E-state index in [-0.39, 0.29) is 12.5 Å². The van der Waals surface area contributed by atoms with E-state index in [4.69, 9.17) is 4.74 Å². The smallest absolute Gasteiger partial charge is 0.349 e. The Balaban J connectivity index is 1.94. The molecule has 0 atom stereocenters. The number of ether oxygens (including phenoxy) is 1. The second-order valence-corrected chi connectivity index (χ2v) is 5.74. The van der Waals surface area contributed by atoms with Gasteiger partial charge in [0.05, 0.1) is 0 Å². The third-order valence-electron chi connectivity index (χ3n) is 3.13. The van der Waals surface area contributed by atoms with Gasteiger partial charge in [-0.2, -0.15) is 0 Å². The number of aryl methyl sites for hydroxylation is 3. The van der Waals surface area contributed by atoms with Gasteiger partial charge in [0.15, 0.2) is 6.61 Å². The summed E-state index contributed by atoms with van der Waals surface area (Å²) < 4.78 is 5.04. The van der Waals surface area contributed by atoms with Gasteiger partial charge in [0, 0.05) is 5.69 Å². The van der Waals surface area contributed by atoms with Crippen LogP contribution in [0.3, 0.4) is 0 Å². The minimum Gasteiger partial charge on any atom is -0.451 e. The standard InChI is InChI=1S/C16H17NO3S/c1-10-5-4-6-11(2)14(10)17-13(18)9-20-16(19)15-12(3)7-8-21-15/h4-8H,9H2,1-3H3,(H,17,18). The zero-order valence-electron chi connectivity index (χ0n) is 12.2. The number of thiophene rings is 1. The van der Waals surface area contributed by atoms with Crippen LogP contribution in [0, 0.1) is 20.8 Å². The number of hydrogen-bond acceptors (Lipinski definition) is 4. The van der Waals surface area contributed by atoms with E-state index in [1.54, 1.807) is 0 Å². The predicted molar refractivity (Wildman–Crippen MR) is 83.9 cm³/mol. The van der Waals surface area contributed by atoms with E-state index in [2.05, 4.69) is 5.32 Å². The van der Waals surface area contributed by atoms with Gasteiger partial charge < -0.3 is 10.1 Å². The number of rotatable bonds is 4. The summed E-state index contributed by atoms with van der Waals surface area (Å²) in [5.74, 6) is -0.797. The van der Waals surface area contributed by atoms with Crippen molar-refractivity contribution in [3.8, 4) is 0 Å². The van der Waals surface area contributed by atoms with Crippen LogP contribution in [0.25, 0.3) is 0 Å². The highest BCUT2D eigenvalue weighted by molar-refractivity contribution is 7.12. The zero-order chi connectivity index (χ0) is 15.4. The van der Waals surface area contributed by atoms with Gasteiger partial charge in [-0.25, -0.2) is 4.79 Å². The molecule has 1 heterocycles. The van der Waals surface area contributed by atoms with E-state index in [1.807, 2.05) is 50.4 Å². The molecule has 0 aliphatic carbocycles. The molecule has 2 aromatic rings. The highest BCUT2D eigenvalue weighted by Gasteiger charge is 2.14. The van der Waals surface area contributed by atoms with Crippen molar-refractivity contribution in [2.75, 3.05) is 11.9 Å². The summed E-state index contributed by atoms with van der Waals surface area (Å²) in [5, 5.41) is 4.60. The normalized spacial score (nSPS) is 10.2. The molecule has 0 saturated carbocycles. The van der Waals surface area contributed by atoms with Crippen molar-refractivity contribution >= 4 is 28.9 Å². The lowest BCUT2D eigenvalue weighted by Crippen LogP contribution is -2.21. The lowest BCUT2D eigenvalue weighted by Gasteiger charge is -2.11. The number of anilines is 1. The monoisotopic (exact) mass is 303 g/mol. The van der Waals surface area contributed by atoms with Crippen molar-refractivity contribution in [1.82, 2.24) is 0 Å². The van der Waals surface area contributed by atoms with Crippen LogP contribution in [0.15, 0.2) is 29.6 Å². The Hall–Kier alpha value is -2.14. The molecule has 1 amide bonds. The summed E-state index contributed by atoms with van der Waals surface area (Å²) >= 11 is 1.31. The molecule has 0 fully saturated rings. The van der Waals surface area contributed by atoms with Crippen LogP contribution in [0.1, 0.15) is 26.4 Å². The van der Waals surface area contributed by atoms with Gasteiger partial charge in [0.1, 0.15) is 4.88 Å². The molecule has 0 radical (unpaired) electrons. The van der Waals surface area contributed by atoms with Crippen LogP contribution >= 0.6 is 11.3 Å². The van der Waals surface area contributed by atoms with Gasteiger partial charge in [0.25, 0.3) is 5.91 Å². The topological polar surface area (TPSA) is 55.4 Å². The molecule has 21 heavy (non-hydrogen) atoms. The van der Waals surface area contributed by atoms with Crippen LogP contribution in [-0.2, 0) is 9.53 Å². The van der Waals surface area contributed by atoms with E-state index in [9.17, 15) is 9.59 Å². The first kappa shape index (κ1) is 15.3. The number of nitrogens with one attached hydrogen (secondary N) is 1. The zero-order valence-corrected chi connectivity index (χ0v) is 13.0. The number of amides is 1. The highest BCUT2D eigenvalue weighted by Crippen LogP contribution is 2.19. The first-order valence-electron chi connectivity index (χ1n) is 6.56. The molecular weight excluding hydrogens is 286 g/mol. The van der Waals surface area contributed by atoms with E-state index in [0.717, 1.165) is 22.4 Å². The second kappa shape index (κ2) is 6.54. The van der Waals surface area contributed by atoms with E-state index < -0.39 is 5.97 Å². The second-order valence-electron chi connectivity index (χ2n) is 4.82. The Bertz CT molecular complexity index is 656. The molecule has 0 bridgehead atoms. The Labute approximate surface area is 127 Å². The predicted octanol–water partition coefficient (Wildman–Crippen LogP) is 3.47. The average molecular weight is 303 g/mol. The van der Waals surface area contributed by atoms with E-state index in [0.29, 0.717) is 4.88 Å². The fourth-order valence-corrected chi connectivity index (χ4v) is 2.78. The van der Waals surface area contributed by atoms with Gasteiger partial charge >= 0.3 is 5.97 Å². The molecule has 1 N–H and O–H groups in total. The molecule has 4 nitrogen and oxygen atoms in total. The molecular formula is C16H17NO3S. The quantitative estimate of drug-likeness (QED) is 0.880. The van der Waals surface area contributed by atoms with E-state index >= 15 is 0 Å². The van der Waals surface area contributed by atoms with E-state index in [1.165, 1.54) is 11.3 Å². The summed E-state index contributed by atoms with van der Waals surface area (Å²) in [6, 6.07) is 7.62. The third kappa shape index (κ3) is 3.70. The fourth-order valence-electron chi connectivity index (χ4n) is 1.97. The molecule has 1 aromatic heterocycles. The molecule has 5 heteroatoms. The largest absolute Gasteiger partial charge is 0.451 e. The third-order valence-corrected chi connectivity index (χ3v) is 4.12. The minimum absolute atomic E-state index is 0.288. The van der Waals surface area contributed by atoms with Gasteiger partial charge in [0.2, 0.25) is 0 Å². The number of hydrogen-bond donors (Lipinski definition) is 1. The number of esters is 1. The molecule has 0 aliphatic rings. The number of para-hydroxylation sites is 1. The van der Waals surface area contributed by atoms with Crippen LogP contribution in [0.5, 0.6) is 0 Å². The highest BCUT2D eigenvalue weighted by atomic mass is 32.1. The van der Waals surface area contributed by atoms with Crippen molar-refractivity contribution in [2.24, 2.45) is 0 Å². The Morgan fingerprint density at radius 1 is 1.10 bits per heavy atom. The maximum absolute atomic E-state index is 11.9. The summed E-state index contributed by atoms with van der Waals surface area (Å²) in [4.78, 5) is 24.3. The number of carbonyl (C=O) groups is 2. The van der Waals surface area contributed by atoms with Crippen LogP contribution in [-0.4, -0.2) is 18.5 Å². The summed E-state index contributed by atoms with van der Waals surface area (Å²) in [6.07, 6.45) is 0. The Morgan fingerprint density at radius 3 is 2.33 bits per heavy atom. The molecule has 1 aromatic carbocycles. The summed E-state index contributed by atoms with van der Waals surface area (Å²) in [6.45, 7) is 5.39. The maximum atomic E-state index is 11.9. The van der Waals surface area contributed by atoms with Crippen LogP contribution in [0.4, 0.5) is 5.69 Å². The molecule has 0 aliphatic heterocycles. The Kier molecular flexibility index (Phi) is 4.75. The van der Waals surface area contributed by atoms with Crippen molar-refractivity contribution in [3.63, 3.8) is 0 Å². The first-order valence-corrected chi connectivity index (χ1v) is 7.44. The molecule has 0 saturated heterocycles. The van der Waals surface area contributed by atoms with Crippen LogP contribution < -0.4 is 5.32 Å². The molecule has 0 unspecified atom stereocenters. The lowest BCUT2D eigenvalue weighted by molar-refractivity contribution is -0.119. The molecule has 2 rings (SSSR count). The summed E-state index contributed by atoms with van der Waals surface area (Å²) in [7, 11) is 0. The number of benzene rings is 1. The maximum Gasteiger partial charge on any atom is 0.349 e. The summed E-state index contributed by atoms with van der Waals surface area (Å²) in [5.41, 5.74) is 3.58. The first-order chi connectivity index (χ1) is 9.99. The van der Waals surface area contributed by atoms with Crippen molar-refractivity contribution in [3.05, 3.63) is 51.2 Å². The molecule has 110 valence electrons. The van der Waals surface area contributed by atoms with Crippen molar-refractivity contribution < 1.29 is 14.3 Å². The van der Waals surface area contributed by atoms with Crippen molar-refractivity contribution in [2.45, 2.75) is 20.8 Å². The van der Waals surface area contributed by atoms with Crippen molar-refractivity contribution in [1.29, 1.82) is 0 Å². The van der Waals surface area contributed by atoms with Crippen LogP contribution in [0.2, 0.25) is 0 Å². The fraction of sp³-hybridized carbons (Fsp3) is 0.250. The van der Waals surface area contributed by atoms with Gasteiger partial charge in [-0.15, -0.1) is 11.3 Å². The average Bonchev–Trinajstić information content (AvgIpc) is 2.87. The lowest BCUT2D eigenvalue weighted by atomic mass is 10.1. The minimum atomic E-state index is -0.459. The molecule has 0 spiro atoms. The Morgan fingerprint density at radius 2 is 1.76 bits per heavy atom.